The van der Waals surface area contributed by atoms with E-state index in [-0.39, 0.29) is 4.90 Å². The SMILES string of the molecule is CC(C)(C)NS(=O)(=O)c1ccccc1-c1ccc2cn[c]nn12. The van der Waals surface area contributed by atoms with Gasteiger partial charge in [-0.2, -0.15) is 0 Å². The van der Waals surface area contributed by atoms with Crippen molar-refractivity contribution in [3.63, 3.8) is 0 Å². The molecule has 119 valence electrons. The van der Waals surface area contributed by atoms with Crippen LogP contribution in [0.3, 0.4) is 0 Å². The molecule has 1 N–H and O–H groups in total. The van der Waals surface area contributed by atoms with E-state index in [1.54, 1.807) is 35.0 Å². The third-order valence-electron chi connectivity index (χ3n) is 3.18. The van der Waals surface area contributed by atoms with Crippen molar-refractivity contribution in [2.45, 2.75) is 31.2 Å². The molecule has 3 rings (SSSR count). The van der Waals surface area contributed by atoms with Gasteiger partial charge in [-0.3, -0.25) is 0 Å². The molecular formula is C16H17N4O2S. The summed E-state index contributed by atoms with van der Waals surface area (Å²) in [6.45, 7) is 5.42. The molecule has 1 radical (unpaired) electrons. The lowest BCUT2D eigenvalue weighted by Gasteiger charge is -2.21. The average molecular weight is 329 g/mol. The van der Waals surface area contributed by atoms with E-state index in [4.69, 9.17) is 0 Å². The van der Waals surface area contributed by atoms with Crippen LogP contribution in [0.5, 0.6) is 0 Å². The van der Waals surface area contributed by atoms with Gasteiger partial charge in [-0.05, 0) is 39.0 Å². The lowest BCUT2D eigenvalue weighted by Crippen LogP contribution is -2.40. The summed E-state index contributed by atoms with van der Waals surface area (Å²) in [5.74, 6) is 0. The molecule has 0 fully saturated rings. The van der Waals surface area contributed by atoms with Gasteiger partial charge in [0.2, 0.25) is 16.4 Å². The number of hydrogen-bond donors (Lipinski definition) is 1. The molecule has 0 aliphatic heterocycles. The Balaban J connectivity index is 2.20. The van der Waals surface area contributed by atoms with Gasteiger partial charge in [0.15, 0.2) is 0 Å². The van der Waals surface area contributed by atoms with E-state index in [0.717, 1.165) is 5.52 Å². The summed E-state index contributed by atoms with van der Waals surface area (Å²) in [5.41, 5.74) is 1.46. The van der Waals surface area contributed by atoms with Crippen LogP contribution < -0.4 is 4.72 Å². The summed E-state index contributed by atoms with van der Waals surface area (Å²) in [6.07, 6.45) is 4.15. The highest BCUT2D eigenvalue weighted by atomic mass is 32.2. The topological polar surface area (TPSA) is 76.4 Å². The summed E-state index contributed by atoms with van der Waals surface area (Å²) >= 11 is 0. The molecule has 7 heteroatoms. The quantitative estimate of drug-likeness (QED) is 0.800. The second-order valence-corrected chi connectivity index (χ2v) is 7.92. The molecule has 2 aromatic heterocycles. The standard InChI is InChI=1S/C16H17N4O2S/c1-16(2,3)19-23(21,22)15-7-5-4-6-13(15)14-9-8-12-10-17-11-18-20(12)14/h4-10,19H,1-3H3. The molecule has 1 aromatic carbocycles. The van der Waals surface area contributed by atoms with Crippen LogP contribution in [-0.4, -0.2) is 28.6 Å². The molecule has 6 nitrogen and oxygen atoms in total. The van der Waals surface area contributed by atoms with Crippen molar-refractivity contribution in [2.24, 2.45) is 0 Å². The largest absolute Gasteiger partial charge is 0.241 e. The van der Waals surface area contributed by atoms with E-state index in [0.29, 0.717) is 11.3 Å². The first-order valence-corrected chi connectivity index (χ1v) is 8.60. The normalized spacial score (nSPS) is 12.7. The zero-order valence-electron chi connectivity index (χ0n) is 13.1. The average Bonchev–Trinajstić information content (AvgIpc) is 2.88. The third-order valence-corrected chi connectivity index (χ3v) is 4.99. The lowest BCUT2D eigenvalue weighted by molar-refractivity contribution is 0.491. The molecule has 23 heavy (non-hydrogen) atoms. The zero-order chi connectivity index (χ0) is 16.7. The van der Waals surface area contributed by atoms with Gasteiger partial charge in [0.1, 0.15) is 0 Å². The summed E-state index contributed by atoms with van der Waals surface area (Å²) < 4.78 is 29.8. The van der Waals surface area contributed by atoms with E-state index in [9.17, 15) is 8.42 Å². The fraction of sp³-hybridized carbons (Fsp3) is 0.250. The van der Waals surface area contributed by atoms with Crippen LogP contribution in [0.25, 0.3) is 16.8 Å². The van der Waals surface area contributed by atoms with Crippen LogP contribution in [0.4, 0.5) is 0 Å². The van der Waals surface area contributed by atoms with Crippen molar-refractivity contribution in [3.05, 3.63) is 48.9 Å². The van der Waals surface area contributed by atoms with E-state index in [1.165, 1.54) is 0 Å². The first-order chi connectivity index (χ1) is 10.8. The molecule has 0 unspecified atom stereocenters. The fourth-order valence-electron chi connectivity index (χ4n) is 2.39. The smallest absolute Gasteiger partial charge is 0.230 e. The van der Waals surface area contributed by atoms with Crippen molar-refractivity contribution < 1.29 is 8.42 Å². The number of nitrogens with zero attached hydrogens (tertiary/aromatic N) is 3. The number of sulfonamides is 1. The van der Waals surface area contributed by atoms with Crippen LogP contribution in [-0.2, 0) is 10.0 Å². The molecule has 3 aromatic rings. The molecule has 2 heterocycles. The maximum absolute atomic E-state index is 12.7. The molecule has 0 atom stereocenters. The van der Waals surface area contributed by atoms with Gasteiger partial charge in [0.25, 0.3) is 0 Å². The van der Waals surface area contributed by atoms with Crippen LogP contribution in [0.1, 0.15) is 20.8 Å². The van der Waals surface area contributed by atoms with Gasteiger partial charge in [-0.15, -0.1) is 5.10 Å². The molecule has 0 saturated heterocycles. The summed E-state index contributed by atoms with van der Waals surface area (Å²) in [4.78, 5) is 4.07. The Hall–Kier alpha value is -2.25. The van der Waals surface area contributed by atoms with E-state index in [1.807, 2.05) is 32.9 Å². The first kappa shape index (κ1) is 15.6. The van der Waals surface area contributed by atoms with Gasteiger partial charge in [-0.25, -0.2) is 22.6 Å². The summed E-state index contributed by atoms with van der Waals surface area (Å²) in [7, 11) is -3.66. The van der Waals surface area contributed by atoms with Crippen molar-refractivity contribution in [2.75, 3.05) is 0 Å². The van der Waals surface area contributed by atoms with Gasteiger partial charge >= 0.3 is 0 Å². The zero-order valence-corrected chi connectivity index (χ0v) is 13.9. The highest BCUT2D eigenvalue weighted by molar-refractivity contribution is 7.89. The maximum Gasteiger partial charge on any atom is 0.241 e. The Morgan fingerprint density at radius 3 is 2.61 bits per heavy atom. The Labute approximate surface area is 135 Å². The number of nitrogens with one attached hydrogen (secondary N) is 1. The van der Waals surface area contributed by atoms with Gasteiger partial charge < -0.3 is 0 Å². The van der Waals surface area contributed by atoms with Crippen molar-refractivity contribution in [1.29, 1.82) is 0 Å². The second-order valence-electron chi connectivity index (χ2n) is 6.27. The van der Waals surface area contributed by atoms with Crippen LogP contribution in [0, 0.1) is 6.33 Å². The molecule has 0 spiro atoms. The van der Waals surface area contributed by atoms with Crippen LogP contribution in [0.2, 0.25) is 0 Å². The first-order valence-electron chi connectivity index (χ1n) is 7.12. The Morgan fingerprint density at radius 2 is 1.87 bits per heavy atom. The molecule has 0 aliphatic carbocycles. The molecular weight excluding hydrogens is 312 g/mol. The van der Waals surface area contributed by atoms with Crippen molar-refractivity contribution in [1.82, 2.24) is 19.3 Å². The Morgan fingerprint density at radius 1 is 1.13 bits per heavy atom. The minimum Gasteiger partial charge on any atom is -0.230 e. The molecule has 0 saturated carbocycles. The van der Waals surface area contributed by atoms with Crippen molar-refractivity contribution in [3.8, 4) is 11.3 Å². The lowest BCUT2D eigenvalue weighted by atomic mass is 10.1. The minimum absolute atomic E-state index is 0.216. The fourth-order valence-corrected chi connectivity index (χ4v) is 4.03. The van der Waals surface area contributed by atoms with Gasteiger partial charge in [0.05, 0.1) is 22.3 Å². The second kappa shape index (κ2) is 5.43. The predicted octanol–water partition coefficient (Wildman–Crippen LogP) is 2.27. The highest BCUT2D eigenvalue weighted by Crippen LogP contribution is 2.28. The van der Waals surface area contributed by atoms with E-state index in [2.05, 4.69) is 21.1 Å². The van der Waals surface area contributed by atoms with Gasteiger partial charge in [-0.1, -0.05) is 18.2 Å². The number of rotatable bonds is 3. The highest BCUT2D eigenvalue weighted by Gasteiger charge is 2.25. The summed E-state index contributed by atoms with van der Waals surface area (Å²) in [6, 6.07) is 10.5. The monoisotopic (exact) mass is 329 g/mol. The Bertz CT molecular complexity index is 955. The number of aromatic nitrogens is 3. The van der Waals surface area contributed by atoms with Crippen LogP contribution in [0.15, 0.2) is 47.5 Å². The maximum atomic E-state index is 12.7. The number of benzene rings is 1. The van der Waals surface area contributed by atoms with E-state index >= 15 is 0 Å². The molecule has 0 bridgehead atoms. The molecule has 0 amide bonds. The summed E-state index contributed by atoms with van der Waals surface area (Å²) in [5, 5.41) is 4.08. The predicted molar refractivity (Wildman–Crippen MR) is 87.3 cm³/mol. The molecule has 0 aliphatic rings. The van der Waals surface area contributed by atoms with Crippen LogP contribution >= 0.6 is 0 Å². The van der Waals surface area contributed by atoms with Gasteiger partial charge in [0, 0.05) is 11.1 Å². The van der Waals surface area contributed by atoms with E-state index < -0.39 is 15.6 Å². The minimum atomic E-state index is -3.66. The Kier molecular flexibility index (Phi) is 3.69. The third kappa shape index (κ3) is 3.11. The number of fused-ring (bicyclic) bond motifs is 1. The van der Waals surface area contributed by atoms with Crippen molar-refractivity contribution >= 4 is 15.5 Å². The number of hydrogen-bond acceptors (Lipinski definition) is 4.